The summed E-state index contributed by atoms with van der Waals surface area (Å²) >= 11 is 3.72. The largest absolute Gasteiger partial charge is 0.333 e. The second-order valence-corrected chi connectivity index (χ2v) is 7.19. The molecule has 1 aromatic carbocycles. The van der Waals surface area contributed by atoms with E-state index < -0.39 is 0 Å². The van der Waals surface area contributed by atoms with Crippen molar-refractivity contribution in [3.63, 3.8) is 0 Å². The molecule has 2 atom stereocenters. The number of aromatic nitrogens is 2. The van der Waals surface area contributed by atoms with Crippen LogP contribution in [0.15, 0.2) is 30.6 Å². The third kappa shape index (κ3) is 2.14. The van der Waals surface area contributed by atoms with Gasteiger partial charge in [0.2, 0.25) is 0 Å². The Morgan fingerprint density at radius 1 is 1.14 bits per heavy atom. The molecule has 108 valence electrons. The first kappa shape index (κ1) is 13.2. The molecule has 1 amide bonds. The maximum atomic E-state index is 13.0. The minimum atomic E-state index is 0.119. The van der Waals surface area contributed by atoms with Gasteiger partial charge in [0.1, 0.15) is 5.52 Å². The number of hydrogen-bond donors (Lipinski definition) is 0. The highest BCUT2D eigenvalue weighted by Crippen LogP contribution is 2.39. The Morgan fingerprint density at radius 2 is 1.86 bits per heavy atom. The van der Waals surface area contributed by atoms with Gasteiger partial charge in [-0.2, -0.15) is 0 Å². The topological polar surface area (TPSA) is 46.1 Å². The maximum Gasteiger partial charge on any atom is 0.256 e. The lowest BCUT2D eigenvalue weighted by Crippen LogP contribution is -2.46. The van der Waals surface area contributed by atoms with E-state index in [1.54, 1.807) is 12.4 Å². The summed E-state index contributed by atoms with van der Waals surface area (Å²) in [6, 6.07) is 6.40. The van der Waals surface area contributed by atoms with Crippen molar-refractivity contribution >= 4 is 32.9 Å². The first-order valence-electron chi connectivity index (χ1n) is 7.40. The highest BCUT2D eigenvalue weighted by atomic mass is 79.9. The predicted octanol–water partition coefficient (Wildman–Crippen LogP) is 3.16. The smallest absolute Gasteiger partial charge is 0.256 e. The lowest BCUT2D eigenvalue weighted by atomic mass is 10.0. The van der Waals surface area contributed by atoms with Crippen LogP contribution in [0, 0.1) is 0 Å². The van der Waals surface area contributed by atoms with Gasteiger partial charge in [0.05, 0.1) is 11.1 Å². The number of benzene rings is 1. The average Bonchev–Trinajstić information content (AvgIpc) is 2.78. The summed E-state index contributed by atoms with van der Waals surface area (Å²) in [7, 11) is 0. The fraction of sp³-hybridized carbons (Fsp3) is 0.438. The van der Waals surface area contributed by atoms with E-state index in [0.29, 0.717) is 28.0 Å². The van der Waals surface area contributed by atoms with Crippen LogP contribution in [0.5, 0.6) is 0 Å². The molecule has 5 heteroatoms. The van der Waals surface area contributed by atoms with E-state index in [-0.39, 0.29) is 5.91 Å². The Labute approximate surface area is 131 Å². The predicted molar refractivity (Wildman–Crippen MR) is 84.5 cm³/mol. The van der Waals surface area contributed by atoms with E-state index in [9.17, 15) is 4.79 Å². The molecule has 2 bridgehead atoms. The van der Waals surface area contributed by atoms with Crippen molar-refractivity contribution in [2.24, 2.45) is 0 Å². The number of amides is 1. The van der Waals surface area contributed by atoms with Crippen molar-refractivity contribution in [1.82, 2.24) is 14.9 Å². The lowest BCUT2D eigenvalue weighted by Gasteiger charge is -2.37. The normalized spacial score (nSPS) is 28.0. The van der Waals surface area contributed by atoms with Crippen LogP contribution < -0.4 is 0 Å². The molecule has 0 N–H and O–H groups in total. The van der Waals surface area contributed by atoms with E-state index in [1.807, 2.05) is 18.2 Å². The number of fused-ring (bicyclic) bond motifs is 3. The lowest BCUT2D eigenvalue weighted by molar-refractivity contribution is 0.0605. The molecular weight excluding hydrogens is 330 g/mol. The van der Waals surface area contributed by atoms with Crippen LogP contribution in [0.3, 0.4) is 0 Å². The van der Waals surface area contributed by atoms with Gasteiger partial charge < -0.3 is 4.90 Å². The highest BCUT2D eigenvalue weighted by molar-refractivity contribution is 9.09. The summed E-state index contributed by atoms with van der Waals surface area (Å²) in [6.45, 7) is 0. The third-order valence-electron chi connectivity index (χ3n) is 4.64. The number of carbonyl (C=O) groups excluding carboxylic acids is 1. The molecule has 2 aliphatic heterocycles. The van der Waals surface area contributed by atoms with Gasteiger partial charge in [-0.25, -0.2) is 0 Å². The second-order valence-electron chi connectivity index (χ2n) is 5.90. The first-order valence-corrected chi connectivity index (χ1v) is 8.32. The molecular formula is C16H16BrN3O. The summed E-state index contributed by atoms with van der Waals surface area (Å²) in [6.07, 6.45) is 7.66. The molecule has 2 aromatic rings. The van der Waals surface area contributed by atoms with Gasteiger partial charge in [-0.15, -0.1) is 0 Å². The van der Waals surface area contributed by atoms with Gasteiger partial charge in [-0.05, 0) is 37.8 Å². The molecule has 4 nitrogen and oxygen atoms in total. The van der Waals surface area contributed by atoms with Gasteiger partial charge in [0.15, 0.2) is 0 Å². The molecule has 0 radical (unpaired) electrons. The molecule has 2 aliphatic rings. The molecule has 1 aromatic heterocycles. The number of halogens is 1. The molecule has 0 aliphatic carbocycles. The summed E-state index contributed by atoms with van der Waals surface area (Å²) in [4.78, 5) is 24.3. The molecule has 2 fully saturated rings. The number of alkyl halides is 1. The van der Waals surface area contributed by atoms with Gasteiger partial charge >= 0.3 is 0 Å². The highest BCUT2D eigenvalue weighted by Gasteiger charge is 2.43. The van der Waals surface area contributed by atoms with E-state index in [1.165, 1.54) is 0 Å². The van der Waals surface area contributed by atoms with E-state index in [0.717, 1.165) is 31.2 Å². The van der Waals surface area contributed by atoms with Gasteiger partial charge in [0.25, 0.3) is 5.91 Å². The van der Waals surface area contributed by atoms with Crippen LogP contribution in [0.2, 0.25) is 0 Å². The van der Waals surface area contributed by atoms with Crippen molar-refractivity contribution in [2.45, 2.75) is 42.6 Å². The van der Waals surface area contributed by atoms with Crippen LogP contribution in [-0.2, 0) is 0 Å². The third-order valence-corrected chi connectivity index (χ3v) is 5.39. The quantitative estimate of drug-likeness (QED) is 0.745. The second kappa shape index (κ2) is 5.05. The monoisotopic (exact) mass is 345 g/mol. The Kier molecular flexibility index (Phi) is 3.17. The minimum Gasteiger partial charge on any atom is -0.333 e. The molecule has 4 rings (SSSR count). The van der Waals surface area contributed by atoms with Crippen LogP contribution in [0.25, 0.3) is 11.0 Å². The molecule has 3 heterocycles. The SMILES string of the molecule is O=C(c1cccc2nccnc12)N1C2CCC1CC(Br)C2. The summed E-state index contributed by atoms with van der Waals surface area (Å²) in [5, 5.41) is 0. The summed E-state index contributed by atoms with van der Waals surface area (Å²) < 4.78 is 0. The summed E-state index contributed by atoms with van der Waals surface area (Å²) in [5.74, 6) is 0.119. The fourth-order valence-electron chi connectivity index (χ4n) is 3.75. The Hall–Kier alpha value is -1.49. The Bertz CT molecular complexity index is 685. The standard InChI is InChI=1S/C16H16BrN3O/c17-10-8-11-4-5-12(9-10)20(11)16(21)13-2-1-3-14-15(13)19-7-6-18-14/h1-3,6-7,10-12H,4-5,8-9H2. The molecule has 0 spiro atoms. The molecule has 2 saturated heterocycles. The van der Waals surface area contributed by atoms with Crippen LogP contribution in [-0.4, -0.2) is 37.7 Å². The number of hydrogen-bond acceptors (Lipinski definition) is 3. The zero-order chi connectivity index (χ0) is 14.4. The maximum absolute atomic E-state index is 13.0. The zero-order valence-electron chi connectivity index (χ0n) is 11.6. The van der Waals surface area contributed by atoms with Crippen molar-refractivity contribution in [3.8, 4) is 0 Å². The van der Waals surface area contributed by atoms with Gasteiger partial charge in [0, 0.05) is 29.3 Å². The number of para-hydroxylation sites is 1. The van der Waals surface area contributed by atoms with Gasteiger partial charge in [-0.1, -0.05) is 22.0 Å². The van der Waals surface area contributed by atoms with Gasteiger partial charge in [-0.3, -0.25) is 14.8 Å². The number of rotatable bonds is 1. The van der Waals surface area contributed by atoms with E-state index >= 15 is 0 Å². The molecule has 2 unspecified atom stereocenters. The van der Waals surface area contributed by atoms with Crippen molar-refractivity contribution in [3.05, 3.63) is 36.2 Å². The minimum absolute atomic E-state index is 0.119. The van der Waals surface area contributed by atoms with Crippen molar-refractivity contribution in [2.75, 3.05) is 0 Å². The van der Waals surface area contributed by atoms with Crippen LogP contribution >= 0.6 is 15.9 Å². The van der Waals surface area contributed by atoms with Crippen LogP contribution in [0.4, 0.5) is 0 Å². The van der Waals surface area contributed by atoms with Crippen LogP contribution in [0.1, 0.15) is 36.0 Å². The Morgan fingerprint density at radius 3 is 2.62 bits per heavy atom. The Balaban J connectivity index is 1.74. The van der Waals surface area contributed by atoms with Crippen molar-refractivity contribution < 1.29 is 4.79 Å². The molecule has 21 heavy (non-hydrogen) atoms. The van der Waals surface area contributed by atoms with E-state index in [2.05, 4.69) is 30.8 Å². The zero-order valence-corrected chi connectivity index (χ0v) is 13.2. The number of carbonyl (C=O) groups is 1. The average molecular weight is 346 g/mol. The fourth-order valence-corrected chi connectivity index (χ4v) is 4.61. The number of nitrogens with zero attached hydrogens (tertiary/aromatic N) is 3. The van der Waals surface area contributed by atoms with E-state index in [4.69, 9.17) is 0 Å². The molecule has 0 saturated carbocycles. The van der Waals surface area contributed by atoms with Crippen molar-refractivity contribution in [1.29, 1.82) is 0 Å². The summed E-state index contributed by atoms with van der Waals surface area (Å²) in [5.41, 5.74) is 2.18. The first-order chi connectivity index (χ1) is 10.2. The number of piperidine rings is 1.